The Labute approximate surface area is 91.4 Å². The normalized spacial score (nSPS) is 11.5. The lowest BCUT2D eigenvalue weighted by atomic mass is 10.2. The van der Waals surface area contributed by atoms with Gasteiger partial charge in [-0.15, -0.1) is 5.10 Å². The molecule has 16 heavy (non-hydrogen) atoms. The number of hydrogen-bond acceptors (Lipinski definition) is 4. The molecule has 0 aliphatic carbocycles. The molecule has 1 aromatic rings. The smallest absolute Gasteiger partial charge is 0.385 e. The van der Waals surface area contributed by atoms with Crippen molar-refractivity contribution in [2.24, 2.45) is 0 Å². The molecule has 1 rings (SSSR count). The van der Waals surface area contributed by atoms with Gasteiger partial charge in [-0.05, 0) is 13.3 Å². The topological polar surface area (TPSA) is 57.0 Å². The molecule has 90 valence electrons. The third kappa shape index (κ3) is 2.34. The minimum atomic E-state index is -3.70. The van der Waals surface area contributed by atoms with Crippen molar-refractivity contribution in [3.63, 3.8) is 0 Å². The summed E-state index contributed by atoms with van der Waals surface area (Å²) in [6.45, 7) is 3.47. The van der Waals surface area contributed by atoms with Gasteiger partial charge >= 0.3 is 11.9 Å². The summed E-state index contributed by atoms with van der Waals surface area (Å²) in [4.78, 5) is 11.1. The zero-order chi connectivity index (χ0) is 12.2. The van der Waals surface area contributed by atoms with E-state index in [1.165, 1.54) is 6.92 Å². The lowest BCUT2D eigenvalue weighted by Gasteiger charge is -2.14. The van der Waals surface area contributed by atoms with Crippen LogP contribution >= 0.6 is 0 Å². The van der Waals surface area contributed by atoms with Gasteiger partial charge in [-0.3, -0.25) is 0 Å². The lowest BCUT2D eigenvalue weighted by Crippen LogP contribution is -2.31. The number of aromatic nitrogens is 3. The number of halogens is 2. The lowest BCUT2D eigenvalue weighted by molar-refractivity contribution is -0.174. The van der Waals surface area contributed by atoms with Crippen LogP contribution in [0.2, 0.25) is 0 Å². The van der Waals surface area contributed by atoms with Crippen molar-refractivity contribution >= 4 is 5.97 Å². The Morgan fingerprint density at radius 1 is 1.56 bits per heavy atom. The predicted octanol–water partition coefficient (Wildman–Crippen LogP) is 1.34. The summed E-state index contributed by atoms with van der Waals surface area (Å²) in [6.07, 6.45) is 1.50. The molecule has 0 aliphatic rings. The van der Waals surface area contributed by atoms with Crippen molar-refractivity contribution in [2.75, 3.05) is 6.61 Å². The molecule has 0 aliphatic heterocycles. The maximum Gasteiger partial charge on any atom is 0.385 e. The zero-order valence-corrected chi connectivity index (χ0v) is 9.11. The Bertz CT molecular complexity index is 365. The number of alkyl halides is 2. The van der Waals surface area contributed by atoms with Crippen LogP contribution in [0.15, 0.2) is 6.20 Å². The third-order valence-electron chi connectivity index (χ3n) is 1.91. The molecule has 0 radical (unpaired) electrons. The molecule has 7 heteroatoms. The highest BCUT2D eigenvalue weighted by molar-refractivity contribution is 5.78. The summed E-state index contributed by atoms with van der Waals surface area (Å²) in [5.74, 6) is -5.27. The highest BCUT2D eigenvalue weighted by Crippen LogP contribution is 2.28. The number of ether oxygens (including phenoxy) is 1. The van der Waals surface area contributed by atoms with Crippen molar-refractivity contribution < 1.29 is 18.3 Å². The largest absolute Gasteiger partial charge is 0.461 e. The molecular weight excluding hydrogens is 220 g/mol. The fraction of sp³-hybridized carbons (Fsp3) is 0.667. The predicted molar refractivity (Wildman–Crippen MR) is 50.8 cm³/mol. The second-order valence-electron chi connectivity index (χ2n) is 3.14. The average Bonchev–Trinajstić information content (AvgIpc) is 2.67. The first-order valence-corrected chi connectivity index (χ1v) is 4.98. The van der Waals surface area contributed by atoms with E-state index in [4.69, 9.17) is 0 Å². The second-order valence-corrected chi connectivity index (χ2v) is 3.14. The molecule has 0 bridgehead atoms. The van der Waals surface area contributed by atoms with Gasteiger partial charge in [-0.2, -0.15) is 8.78 Å². The Morgan fingerprint density at radius 3 is 2.81 bits per heavy atom. The SMILES string of the molecule is CCCn1nncc1C(F)(F)C(=O)OCC. The van der Waals surface area contributed by atoms with Crippen molar-refractivity contribution in [2.45, 2.75) is 32.7 Å². The quantitative estimate of drug-likeness (QED) is 0.720. The van der Waals surface area contributed by atoms with Crippen LogP contribution in [0.3, 0.4) is 0 Å². The van der Waals surface area contributed by atoms with Crippen LogP contribution < -0.4 is 0 Å². The van der Waals surface area contributed by atoms with E-state index in [1.54, 1.807) is 0 Å². The van der Waals surface area contributed by atoms with Crippen LogP contribution in [0.5, 0.6) is 0 Å². The molecule has 0 atom stereocenters. The molecule has 0 amide bonds. The first kappa shape index (κ1) is 12.5. The van der Waals surface area contributed by atoms with Gasteiger partial charge in [0.25, 0.3) is 0 Å². The molecular formula is C9H13F2N3O2. The maximum absolute atomic E-state index is 13.6. The summed E-state index contributed by atoms with van der Waals surface area (Å²) in [5.41, 5.74) is -0.534. The number of carbonyl (C=O) groups excluding carboxylic acids is 1. The van der Waals surface area contributed by atoms with Gasteiger partial charge in [0.1, 0.15) is 5.69 Å². The van der Waals surface area contributed by atoms with E-state index in [0.29, 0.717) is 6.42 Å². The standard InChI is InChI=1S/C9H13F2N3O2/c1-3-5-14-7(6-12-13-14)9(10,11)8(15)16-4-2/h6H,3-5H2,1-2H3. The molecule has 0 saturated heterocycles. The Kier molecular flexibility index (Phi) is 3.92. The van der Waals surface area contributed by atoms with Gasteiger partial charge < -0.3 is 4.74 Å². The minimum absolute atomic E-state index is 0.0935. The van der Waals surface area contributed by atoms with Gasteiger partial charge in [0.05, 0.1) is 12.8 Å². The van der Waals surface area contributed by atoms with Crippen LogP contribution in [-0.2, 0) is 22.0 Å². The molecule has 0 spiro atoms. The van der Waals surface area contributed by atoms with E-state index in [9.17, 15) is 13.6 Å². The van der Waals surface area contributed by atoms with Gasteiger partial charge in [0.15, 0.2) is 0 Å². The monoisotopic (exact) mass is 233 g/mol. The molecule has 0 aromatic carbocycles. The molecule has 0 unspecified atom stereocenters. The zero-order valence-electron chi connectivity index (χ0n) is 9.11. The minimum Gasteiger partial charge on any atom is -0.461 e. The van der Waals surface area contributed by atoms with Crippen molar-refractivity contribution in [1.82, 2.24) is 15.0 Å². The molecule has 0 fully saturated rings. The van der Waals surface area contributed by atoms with Crippen molar-refractivity contribution in [3.05, 3.63) is 11.9 Å². The third-order valence-corrected chi connectivity index (χ3v) is 1.91. The first-order valence-electron chi connectivity index (χ1n) is 4.98. The number of nitrogens with zero attached hydrogens (tertiary/aromatic N) is 3. The van der Waals surface area contributed by atoms with Gasteiger partial charge in [-0.1, -0.05) is 12.1 Å². The van der Waals surface area contributed by atoms with E-state index in [-0.39, 0.29) is 13.2 Å². The van der Waals surface area contributed by atoms with Crippen LogP contribution in [-0.4, -0.2) is 27.6 Å². The van der Waals surface area contributed by atoms with Gasteiger partial charge in [-0.25, -0.2) is 9.48 Å². The number of carbonyl (C=O) groups is 1. The molecule has 5 nitrogen and oxygen atoms in total. The van der Waals surface area contributed by atoms with Gasteiger partial charge in [0.2, 0.25) is 0 Å². The average molecular weight is 233 g/mol. The number of rotatable bonds is 5. The highest BCUT2D eigenvalue weighted by Gasteiger charge is 2.46. The van der Waals surface area contributed by atoms with Crippen molar-refractivity contribution in [3.8, 4) is 0 Å². The molecule has 1 heterocycles. The summed E-state index contributed by atoms with van der Waals surface area (Å²) >= 11 is 0. The van der Waals surface area contributed by atoms with Crippen LogP contribution in [0.4, 0.5) is 8.78 Å². The fourth-order valence-corrected chi connectivity index (χ4v) is 1.20. The van der Waals surface area contributed by atoms with E-state index >= 15 is 0 Å². The van der Waals surface area contributed by atoms with E-state index < -0.39 is 17.6 Å². The van der Waals surface area contributed by atoms with Gasteiger partial charge in [0, 0.05) is 6.54 Å². The highest BCUT2D eigenvalue weighted by atomic mass is 19.3. The molecule has 0 saturated carbocycles. The Balaban J connectivity index is 2.96. The van der Waals surface area contributed by atoms with E-state index in [0.717, 1.165) is 10.9 Å². The van der Waals surface area contributed by atoms with Crippen molar-refractivity contribution in [1.29, 1.82) is 0 Å². The van der Waals surface area contributed by atoms with E-state index in [2.05, 4.69) is 15.0 Å². The van der Waals surface area contributed by atoms with Crippen LogP contribution in [0.1, 0.15) is 26.0 Å². The number of esters is 1. The summed E-state index contributed by atoms with van der Waals surface area (Å²) < 4.78 is 32.5. The van der Waals surface area contributed by atoms with E-state index in [1.807, 2.05) is 6.92 Å². The fourth-order valence-electron chi connectivity index (χ4n) is 1.20. The molecule has 0 N–H and O–H groups in total. The summed E-state index contributed by atoms with van der Waals surface area (Å²) in [5, 5.41) is 6.87. The second kappa shape index (κ2) is 5.00. The Hall–Kier alpha value is -1.53. The summed E-state index contributed by atoms with van der Waals surface area (Å²) in [6, 6.07) is 0. The number of hydrogen-bond donors (Lipinski definition) is 0. The maximum atomic E-state index is 13.6. The molecule has 1 aromatic heterocycles. The van der Waals surface area contributed by atoms with Crippen LogP contribution in [0.25, 0.3) is 0 Å². The summed E-state index contributed by atoms with van der Waals surface area (Å²) in [7, 11) is 0. The number of aryl methyl sites for hydroxylation is 1. The van der Waals surface area contributed by atoms with Crippen LogP contribution in [0, 0.1) is 0 Å². The Morgan fingerprint density at radius 2 is 2.25 bits per heavy atom. The first-order chi connectivity index (χ1) is 7.54.